The van der Waals surface area contributed by atoms with E-state index in [2.05, 4.69) is 6.58 Å². The second-order valence-corrected chi connectivity index (χ2v) is 3.10. The molecule has 1 aliphatic carbocycles. The largest absolute Gasteiger partial charge is 0.225 e. The van der Waals surface area contributed by atoms with Crippen LogP contribution in [0.25, 0.3) is 0 Å². The highest BCUT2D eigenvalue weighted by atomic mass is 35.5. The lowest BCUT2D eigenvalue weighted by Crippen LogP contribution is -1.99. The van der Waals surface area contributed by atoms with Gasteiger partial charge < -0.3 is 0 Å². The molecule has 8 heavy (non-hydrogen) atoms. The van der Waals surface area contributed by atoms with E-state index in [1.54, 1.807) is 13.0 Å². The van der Waals surface area contributed by atoms with Gasteiger partial charge in [-0.05, 0) is 0 Å². The zero-order valence-corrected chi connectivity index (χ0v) is 5.50. The van der Waals surface area contributed by atoms with Crippen molar-refractivity contribution in [3.05, 3.63) is 12.7 Å². The topological polar surface area (TPSA) is 0 Å². The number of hydrogen-bond donors (Lipinski definition) is 0. The van der Waals surface area contributed by atoms with Crippen LogP contribution in [-0.2, 0) is 0 Å². The van der Waals surface area contributed by atoms with E-state index in [0.29, 0.717) is 6.42 Å². The zero-order valence-electron chi connectivity index (χ0n) is 4.75. The van der Waals surface area contributed by atoms with Crippen molar-refractivity contribution < 1.29 is 4.39 Å². The zero-order chi connectivity index (χ0) is 6.41. The summed E-state index contributed by atoms with van der Waals surface area (Å²) < 4.78 is 12.5. The second-order valence-electron chi connectivity index (χ2n) is 2.50. The molecule has 1 rings (SSSR count). The van der Waals surface area contributed by atoms with Gasteiger partial charge in [-0.2, -0.15) is 0 Å². The van der Waals surface area contributed by atoms with Crippen LogP contribution in [0.1, 0.15) is 13.3 Å². The highest BCUT2D eigenvalue weighted by molar-refractivity contribution is 6.25. The molecule has 0 radical (unpaired) electrons. The van der Waals surface area contributed by atoms with Gasteiger partial charge in [-0.15, -0.1) is 6.58 Å². The van der Waals surface area contributed by atoms with Crippen LogP contribution in [0.2, 0.25) is 0 Å². The van der Waals surface area contributed by atoms with Gasteiger partial charge in [0, 0.05) is 11.8 Å². The fourth-order valence-electron chi connectivity index (χ4n) is 0.639. The van der Waals surface area contributed by atoms with Crippen LogP contribution in [0.4, 0.5) is 4.39 Å². The smallest absolute Gasteiger partial charge is 0.193 e. The molecular weight excluding hydrogens is 127 g/mol. The molecule has 0 bridgehead atoms. The van der Waals surface area contributed by atoms with E-state index in [1.165, 1.54) is 0 Å². The third kappa shape index (κ3) is 0.576. The van der Waals surface area contributed by atoms with E-state index in [4.69, 9.17) is 11.6 Å². The number of allylic oxidation sites excluding steroid dienone is 1. The van der Waals surface area contributed by atoms with E-state index in [0.717, 1.165) is 0 Å². The molecule has 2 heteroatoms. The second kappa shape index (κ2) is 1.27. The molecule has 1 fully saturated rings. The van der Waals surface area contributed by atoms with Crippen molar-refractivity contribution in [2.24, 2.45) is 5.41 Å². The fourth-order valence-corrected chi connectivity index (χ4v) is 0.993. The number of hydrogen-bond acceptors (Lipinski definition) is 0. The van der Waals surface area contributed by atoms with Crippen molar-refractivity contribution in [2.45, 2.75) is 18.5 Å². The van der Waals surface area contributed by atoms with Crippen molar-refractivity contribution in [3.63, 3.8) is 0 Å². The lowest BCUT2D eigenvalue weighted by molar-refractivity contribution is 0.370. The van der Waals surface area contributed by atoms with Crippen molar-refractivity contribution >= 4 is 11.6 Å². The van der Waals surface area contributed by atoms with Crippen molar-refractivity contribution in [1.29, 1.82) is 0 Å². The average Bonchev–Trinajstić information content (AvgIpc) is 2.10. The molecule has 0 aromatic carbocycles. The predicted octanol–water partition coefficient (Wildman–Crippen LogP) is 2.49. The van der Waals surface area contributed by atoms with Crippen LogP contribution in [0, 0.1) is 5.41 Å². The Morgan fingerprint density at radius 2 is 2.25 bits per heavy atom. The molecule has 46 valence electrons. The first kappa shape index (κ1) is 6.09. The summed E-state index contributed by atoms with van der Waals surface area (Å²) in [6, 6.07) is 0. The van der Waals surface area contributed by atoms with E-state index in [-0.39, 0.29) is 0 Å². The third-order valence-electron chi connectivity index (χ3n) is 1.75. The summed E-state index contributed by atoms with van der Waals surface area (Å²) in [6.45, 7) is 5.22. The molecule has 1 aliphatic rings. The number of halogens is 2. The van der Waals surface area contributed by atoms with Gasteiger partial charge in [0.1, 0.15) is 0 Å². The van der Waals surface area contributed by atoms with E-state index >= 15 is 0 Å². The van der Waals surface area contributed by atoms with Gasteiger partial charge in [0.15, 0.2) is 5.13 Å². The number of alkyl halides is 2. The molecule has 0 saturated heterocycles. The molecule has 0 aromatic heterocycles. The molecule has 0 nitrogen and oxygen atoms in total. The Labute approximate surface area is 53.3 Å². The third-order valence-corrected chi connectivity index (χ3v) is 2.32. The highest BCUT2D eigenvalue weighted by Gasteiger charge is 2.63. The highest BCUT2D eigenvalue weighted by Crippen LogP contribution is 2.62. The van der Waals surface area contributed by atoms with Gasteiger partial charge in [-0.1, -0.05) is 24.6 Å². The van der Waals surface area contributed by atoms with Crippen LogP contribution in [0.3, 0.4) is 0 Å². The Bertz CT molecular complexity index is 130. The monoisotopic (exact) mass is 134 g/mol. The summed E-state index contributed by atoms with van der Waals surface area (Å²) in [5.41, 5.74) is -0.450. The lowest BCUT2D eigenvalue weighted by Gasteiger charge is -2.00. The Morgan fingerprint density at radius 3 is 2.25 bits per heavy atom. The van der Waals surface area contributed by atoms with E-state index in [1.807, 2.05) is 0 Å². The summed E-state index contributed by atoms with van der Waals surface area (Å²) in [6.07, 6.45) is 1.98. The molecule has 0 aromatic rings. The van der Waals surface area contributed by atoms with E-state index in [9.17, 15) is 4.39 Å². The predicted molar refractivity (Wildman–Crippen MR) is 32.6 cm³/mol. The normalized spacial score (nSPS) is 53.4. The minimum absolute atomic E-state index is 0.408. The summed E-state index contributed by atoms with van der Waals surface area (Å²) in [5.74, 6) is 0. The van der Waals surface area contributed by atoms with Crippen molar-refractivity contribution in [1.82, 2.24) is 0 Å². The van der Waals surface area contributed by atoms with Gasteiger partial charge in [0.05, 0.1) is 0 Å². The summed E-state index contributed by atoms with van der Waals surface area (Å²) in [5, 5.41) is -1.49. The average molecular weight is 135 g/mol. The maximum atomic E-state index is 12.5. The van der Waals surface area contributed by atoms with Crippen LogP contribution < -0.4 is 0 Å². The maximum Gasteiger partial charge on any atom is 0.193 e. The summed E-state index contributed by atoms with van der Waals surface area (Å²) in [7, 11) is 0. The molecule has 0 spiro atoms. The van der Waals surface area contributed by atoms with Crippen molar-refractivity contribution in [3.8, 4) is 0 Å². The number of rotatable bonds is 1. The fraction of sp³-hybridized carbons (Fsp3) is 0.667. The standard InChI is InChI=1S/C6H8ClF/c1-3-5(2)4-6(5,7)8/h3H,1,4H2,2H3/t5-,6+/m1/s1. The first-order valence-electron chi connectivity index (χ1n) is 2.53. The minimum atomic E-state index is -1.49. The van der Waals surface area contributed by atoms with Gasteiger partial charge in [-0.3, -0.25) is 0 Å². The maximum absolute atomic E-state index is 12.5. The molecule has 0 unspecified atom stereocenters. The molecule has 1 saturated carbocycles. The molecule has 2 atom stereocenters. The Kier molecular flexibility index (Phi) is 0.965. The summed E-state index contributed by atoms with van der Waals surface area (Å²) >= 11 is 5.31. The Hall–Kier alpha value is -0.0400. The molecular formula is C6H8ClF. The molecule has 0 aliphatic heterocycles. The first-order valence-corrected chi connectivity index (χ1v) is 2.91. The minimum Gasteiger partial charge on any atom is -0.225 e. The summed E-state index contributed by atoms with van der Waals surface area (Å²) in [4.78, 5) is 0. The molecule has 0 N–H and O–H groups in total. The SMILES string of the molecule is C=C[C@]1(C)C[C@@]1(F)Cl. The van der Waals surface area contributed by atoms with Crippen LogP contribution in [0.15, 0.2) is 12.7 Å². The van der Waals surface area contributed by atoms with Gasteiger partial charge in [-0.25, -0.2) is 4.39 Å². The molecule has 0 amide bonds. The Balaban J connectivity index is 2.68. The van der Waals surface area contributed by atoms with Crippen LogP contribution in [-0.4, -0.2) is 5.13 Å². The first-order chi connectivity index (χ1) is 3.52. The van der Waals surface area contributed by atoms with Gasteiger partial charge in [0.2, 0.25) is 0 Å². The molecule has 0 heterocycles. The van der Waals surface area contributed by atoms with Gasteiger partial charge in [0.25, 0.3) is 0 Å². The lowest BCUT2D eigenvalue weighted by atomic mass is 10.1. The van der Waals surface area contributed by atoms with E-state index < -0.39 is 10.5 Å². The van der Waals surface area contributed by atoms with Crippen LogP contribution >= 0.6 is 11.6 Å². The Morgan fingerprint density at radius 1 is 1.88 bits per heavy atom. The van der Waals surface area contributed by atoms with Gasteiger partial charge >= 0.3 is 0 Å². The quantitative estimate of drug-likeness (QED) is 0.382. The van der Waals surface area contributed by atoms with Crippen LogP contribution in [0.5, 0.6) is 0 Å². The van der Waals surface area contributed by atoms with Crippen molar-refractivity contribution in [2.75, 3.05) is 0 Å².